The van der Waals surface area contributed by atoms with Crippen molar-refractivity contribution in [3.05, 3.63) is 22.4 Å². The number of guanidine groups is 1. The number of aliphatic imine (C=N–C) groups is 1. The van der Waals surface area contributed by atoms with E-state index in [4.69, 9.17) is 0 Å². The molecule has 1 amide bonds. The van der Waals surface area contributed by atoms with E-state index in [1.807, 2.05) is 17.9 Å². The van der Waals surface area contributed by atoms with Crippen molar-refractivity contribution in [1.29, 1.82) is 0 Å². The zero-order valence-corrected chi connectivity index (χ0v) is 17.7. The summed E-state index contributed by atoms with van der Waals surface area (Å²) < 4.78 is 0. The van der Waals surface area contributed by atoms with Gasteiger partial charge in [0.05, 0.1) is 6.54 Å². The third-order valence-corrected chi connectivity index (χ3v) is 4.93. The lowest BCUT2D eigenvalue weighted by Gasteiger charge is -2.33. The van der Waals surface area contributed by atoms with Gasteiger partial charge in [-0.2, -0.15) is 0 Å². The molecule has 1 unspecified atom stereocenters. The first-order chi connectivity index (χ1) is 11.2. The van der Waals surface area contributed by atoms with Crippen LogP contribution in [0.5, 0.6) is 0 Å². The standard InChI is InChI=1S/C17H28N4OS.HI/c1-3-18-17(20-13-15-8-6-12-23-15)19-10-9-16(22)21-11-5-4-7-14(21)2;/h6,8,12,14H,3-5,7,9-11,13H2,1-2H3,(H2,18,19,20);1H. The molecule has 0 spiro atoms. The summed E-state index contributed by atoms with van der Waals surface area (Å²) in [5.74, 6) is 1.03. The number of carbonyl (C=O) groups is 1. The van der Waals surface area contributed by atoms with Crippen molar-refractivity contribution in [2.45, 2.75) is 52.1 Å². The molecule has 24 heavy (non-hydrogen) atoms. The summed E-state index contributed by atoms with van der Waals surface area (Å²) in [6.45, 7) is 7.21. The first-order valence-corrected chi connectivity index (χ1v) is 9.42. The van der Waals surface area contributed by atoms with Crippen LogP contribution >= 0.6 is 35.3 Å². The summed E-state index contributed by atoms with van der Waals surface area (Å²) >= 11 is 1.71. The number of piperidine rings is 1. The second-order valence-electron chi connectivity index (χ2n) is 5.88. The number of halogens is 1. The van der Waals surface area contributed by atoms with Gasteiger partial charge in [0.25, 0.3) is 0 Å². The van der Waals surface area contributed by atoms with E-state index >= 15 is 0 Å². The van der Waals surface area contributed by atoms with Crippen LogP contribution in [0.4, 0.5) is 0 Å². The highest BCUT2D eigenvalue weighted by Gasteiger charge is 2.22. The van der Waals surface area contributed by atoms with Gasteiger partial charge in [-0.3, -0.25) is 4.79 Å². The molecule has 1 saturated heterocycles. The van der Waals surface area contributed by atoms with Crippen molar-refractivity contribution in [3.8, 4) is 0 Å². The van der Waals surface area contributed by atoms with Crippen LogP contribution in [-0.2, 0) is 11.3 Å². The fourth-order valence-corrected chi connectivity index (χ4v) is 3.43. The van der Waals surface area contributed by atoms with Gasteiger partial charge >= 0.3 is 0 Å². The van der Waals surface area contributed by atoms with Crippen molar-refractivity contribution in [3.63, 3.8) is 0 Å². The number of rotatable bonds is 6. The maximum atomic E-state index is 12.3. The zero-order chi connectivity index (χ0) is 16.5. The lowest BCUT2D eigenvalue weighted by molar-refractivity contribution is -0.134. The second kappa shape index (κ2) is 11.7. The van der Waals surface area contributed by atoms with Crippen LogP contribution in [0.25, 0.3) is 0 Å². The van der Waals surface area contributed by atoms with Gasteiger partial charge in [0.15, 0.2) is 5.96 Å². The summed E-state index contributed by atoms with van der Waals surface area (Å²) in [7, 11) is 0. The van der Waals surface area contributed by atoms with E-state index in [0.29, 0.717) is 25.6 Å². The molecule has 2 N–H and O–H groups in total. The van der Waals surface area contributed by atoms with E-state index in [1.54, 1.807) is 11.3 Å². The molecule has 1 atom stereocenters. The third kappa shape index (κ3) is 6.96. The Morgan fingerprint density at radius 1 is 1.42 bits per heavy atom. The minimum absolute atomic E-state index is 0. The van der Waals surface area contributed by atoms with E-state index in [-0.39, 0.29) is 29.9 Å². The molecule has 0 aliphatic carbocycles. The number of thiophene rings is 1. The van der Waals surface area contributed by atoms with Gasteiger partial charge in [0.2, 0.25) is 5.91 Å². The molecule has 0 radical (unpaired) electrons. The zero-order valence-electron chi connectivity index (χ0n) is 14.6. The number of likely N-dealkylation sites (tertiary alicyclic amines) is 1. The normalized spacial score (nSPS) is 18.0. The average Bonchev–Trinajstić information content (AvgIpc) is 3.06. The van der Waals surface area contributed by atoms with E-state index < -0.39 is 0 Å². The summed E-state index contributed by atoms with van der Waals surface area (Å²) in [4.78, 5) is 20.1. The highest BCUT2D eigenvalue weighted by molar-refractivity contribution is 14.0. The van der Waals surface area contributed by atoms with Crippen LogP contribution in [0, 0.1) is 0 Å². The Balaban J connectivity index is 0.00000288. The summed E-state index contributed by atoms with van der Waals surface area (Å²) in [5, 5.41) is 8.55. The average molecular weight is 464 g/mol. The maximum Gasteiger partial charge on any atom is 0.224 e. The molecule has 2 heterocycles. The predicted octanol–water partition coefficient (Wildman–Crippen LogP) is 3.21. The Hall–Kier alpha value is -0.830. The second-order valence-corrected chi connectivity index (χ2v) is 6.92. The molecular formula is C17H29IN4OS. The molecule has 5 nitrogen and oxygen atoms in total. The number of amides is 1. The van der Waals surface area contributed by atoms with Crippen molar-refractivity contribution in [2.24, 2.45) is 4.99 Å². The van der Waals surface area contributed by atoms with Gasteiger partial charge < -0.3 is 15.5 Å². The largest absolute Gasteiger partial charge is 0.357 e. The molecule has 1 fully saturated rings. The molecule has 0 saturated carbocycles. The van der Waals surface area contributed by atoms with Crippen molar-refractivity contribution in [2.75, 3.05) is 19.6 Å². The first kappa shape index (κ1) is 21.2. The van der Waals surface area contributed by atoms with Gasteiger partial charge in [0.1, 0.15) is 0 Å². The minimum atomic E-state index is 0. The fourth-order valence-electron chi connectivity index (χ4n) is 2.80. The van der Waals surface area contributed by atoms with Crippen LogP contribution in [0.15, 0.2) is 22.5 Å². The molecule has 2 rings (SSSR count). The number of nitrogens with one attached hydrogen (secondary N) is 2. The van der Waals surface area contributed by atoms with Gasteiger partial charge in [-0.25, -0.2) is 4.99 Å². The Bertz CT molecular complexity index is 507. The number of hydrogen-bond donors (Lipinski definition) is 2. The van der Waals surface area contributed by atoms with E-state index in [0.717, 1.165) is 31.9 Å². The number of nitrogens with zero attached hydrogens (tertiary/aromatic N) is 2. The number of hydrogen-bond acceptors (Lipinski definition) is 3. The summed E-state index contributed by atoms with van der Waals surface area (Å²) in [6.07, 6.45) is 4.02. The molecular weight excluding hydrogens is 435 g/mol. The predicted molar refractivity (Wildman–Crippen MR) is 112 cm³/mol. The molecule has 1 aliphatic heterocycles. The molecule has 0 bridgehead atoms. The summed E-state index contributed by atoms with van der Waals surface area (Å²) in [5.41, 5.74) is 0. The smallest absolute Gasteiger partial charge is 0.224 e. The third-order valence-electron chi connectivity index (χ3n) is 4.07. The Morgan fingerprint density at radius 3 is 2.92 bits per heavy atom. The van der Waals surface area contributed by atoms with Crippen LogP contribution < -0.4 is 10.6 Å². The minimum Gasteiger partial charge on any atom is -0.357 e. The van der Waals surface area contributed by atoms with Crippen LogP contribution in [-0.4, -0.2) is 42.4 Å². The topological polar surface area (TPSA) is 56.7 Å². The van der Waals surface area contributed by atoms with Crippen LogP contribution in [0.1, 0.15) is 44.4 Å². The maximum absolute atomic E-state index is 12.3. The van der Waals surface area contributed by atoms with E-state index in [2.05, 4.69) is 34.0 Å². The van der Waals surface area contributed by atoms with Crippen LogP contribution in [0.3, 0.4) is 0 Å². The molecule has 136 valence electrons. The van der Waals surface area contributed by atoms with Crippen molar-refractivity contribution in [1.82, 2.24) is 15.5 Å². The van der Waals surface area contributed by atoms with E-state index in [9.17, 15) is 4.79 Å². The number of carbonyl (C=O) groups excluding carboxylic acids is 1. The fraction of sp³-hybridized carbons (Fsp3) is 0.647. The Morgan fingerprint density at radius 2 is 2.25 bits per heavy atom. The summed E-state index contributed by atoms with van der Waals surface area (Å²) in [6, 6.07) is 4.50. The molecule has 1 aromatic rings. The molecule has 0 aromatic carbocycles. The quantitative estimate of drug-likeness (QED) is 0.386. The van der Waals surface area contributed by atoms with E-state index in [1.165, 1.54) is 11.3 Å². The lowest BCUT2D eigenvalue weighted by Crippen LogP contribution is -2.44. The monoisotopic (exact) mass is 464 g/mol. The highest BCUT2D eigenvalue weighted by atomic mass is 127. The highest BCUT2D eigenvalue weighted by Crippen LogP contribution is 2.17. The molecule has 7 heteroatoms. The van der Waals surface area contributed by atoms with Crippen molar-refractivity contribution >= 4 is 47.2 Å². The Kier molecular flexibility index (Phi) is 10.3. The first-order valence-electron chi connectivity index (χ1n) is 8.54. The molecule has 1 aromatic heterocycles. The van der Waals surface area contributed by atoms with Gasteiger partial charge in [-0.15, -0.1) is 35.3 Å². The van der Waals surface area contributed by atoms with Crippen LogP contribution in [0.2, 0.25) is 0 Å². The molecule has 1 aliphatic rings. The SMILES string of the molecule is CCNC(=NCc1cccs1)NCCC(=O)N1CCCCC1C.I. The lowest BCUT2D eigenvalue weighted by atomic mass is 10.0. The van der Waals surface area contributed by atoms with Gasteiger partial charge in [-0.1, -0.05) is 6.07 Å². The van der Waals surface area contributed by atoms with Gasteiger partial charge in [0, 0.05) is 37.0 Å². The van der Waals surface area contributed by atoms with Gasteiger partial charge in [-0.05, 0) is 44.6 Å². The Labute approximate surface area is 166 Å². The van der Waals surface area contributed by atoms with Crippen molar-refractivity contribution < 1.29 is 4.79 Å².